The molecule has 1 amide bonds. The lowest BCUT2D eigenvalue weighted by molar-refractivity contribution is -0.128. The number of ether oxygens (including phenoxy) is 1. The molecule has 10 nitrogen and oxygen atoms in total. The third kappa shape index (κ3) is 6.38. The van der Waals surface area contributed by atoms with Crippen molar-refractivity contribution in [3.63, 3.8) is 0 Å². The van der Waals surface area contributed by atoms with Gasteiger partial charge < -0.3 is 20.3 Å². The molecule has 244 valence electrons. The van der Waals surface area contributed by atoms with Crippen LogP contribution in [0.3, 0.4) is 0 Å². The summed E-state index contributed by atoms with van der Waals surface area (Å²) in [5.41, 5.74) is 6.84. The number of piperidine rings is 1. The zero-order chi connectivity index (χ0) is 33.3. The van der Waals surface area contributed by atoms with E-state index in [1.165, 1.54) is 30.6 Å². The van der Waals surface area contributed by atoms with E-state index >= 15 is 4.39 Å². The Morgan fingerprint density at radius 1 is 1.15 bits per heavy atom. The zero-order valence-electron chi connectivity index (χ0n) is 26.2. The number of nitrogens with zero attached hydrogens (tertiary/aromatic N) is 7. The molecule has 2 fully saturated rings. The fourth-order valence-corrected chi connectivity index (χ4v) is 6.89. The molecule has 2 aliphatic rings. The summed E-state index contributed by atoms with van der Waals surface area (Å²) in [5.74, 6) is -3.66. The molecule has 3 heterocycles. The number of likely N-dealkylation sites (tertiary alicyclic amines) is 1. The Bertz CT molecular complexity index is 1890. The zero-order valence-corrected chi connectivity index (χ0v) is 26.2. The van der Waals surface area contributed by atoms with Crippen molar-refractivity contribution in [2.45, 2.75) is 44.6 Å². The summed E-state index contributed by atoms with van der Waals surface area (Å²) in [6.07, 6.45) is 8.49. The predicted molar refractivity (Wildman–Crippen MR) is 170 cm³/mol. The van der Waals surface area contributed by atoms with Crippen LogP contribution in [0.25, 0.3) is 22.3 Å². The van der Waals surface area contributed by atoms with Crippen LogP contribution in [0, 0.1) is 34.2 Å². The maximum Gasteiger partial charge on any atom is 0.264 e. The summed E-state index contributed by atoms with van der Waals surface area (Å²) < 4.78 is 50.5. The van der Waals surface area contributed by atoms with Crippen molar-refractivity contribution in [3.8, 4) is 28.8 Å². The second-order valence-electron chi connectivity index (χ2n) is 12.6. The standard InChI is InChI=1S/C34H35F3N8O2/c1-43(2)19-34(12-3-4-13-34)16-21(17-38)33(46)44-14-6-7-22(18-44)45-32-28(31(39)40-20-41-32)30(42-45)24-11-10-23(15-26(24)36)47-27-9-5-8-25(35)29(27)37/h5,8-11,15-16,20,22H,3-4,6-7,12-14,18-19H2,1-2H3,(H2,39,40,41)/b21-16-/t22-/m1/s1. The molecule has 1 aliphatic carbocycles. The number of halogens is 3. The Morgan fingerprint density at radius 3 is 2.66 bits per heavy atom. The number of nitriles is 1. The highest BCUT2D eigenvalue weighted by molar-refractivity contribution is 5.99. The molecule has 47 heavy (non-hydrogen) atoms. The van der Waals surface area contributed by atoms with E-state index in [4.69, 9.17) is 15.6 Å². The molecular weight excluding hydrogens is 609 g/mol. The van der Waals surface area contributed by atoms with Crippen molar-refractivity contribution in [3.05, 3.63) is 71.8 Å². The first kappa shape index (κ1) is 32.0. The summed E-state index contributed by atoms with van der Waals surface area (Å²) in [4.78, 5) is 26.1. The van der Waals surface area contributed by atoms with Gasteiger partial charge >= 0.3 is 0 Å². The van der Waals surface area contributed by atoms with Gasteiger partial charge in [-0.3, -0.25) is 4.79 Å². The van der Waals surface area contributed by atoms with Gasteiger partial charge in [-0.25, -0.2) is 23.4 Å². The monoisotopic (exact) mass is 644 g/mol. The van der Waals surface area contributed by atoms with Gasteiger partial charge in [-0.05, 0) is 64.0 Å². The van der Waals surface area contributed by atoms with Crippen molar-refractivity contribution >= 4 is 22.8 Å². The van der Waals surface area contributed by atoms with Gasteiger partial charge in [0.2, 0.25) is 5.82 Å². The summed E-state index contributed by atoms with van der Waals surface area (Å²) in [5, 5.41) is 15.2. The third-order valence-electron chi connectivity index (χ3n) is 8.92. The Balaban J connectivity index is 1.30. The number of hydrogen-bond acceptors (Lipinski definition) is 8. The van der Waals surface area contributed by atoms with E-state index < -0.39 is 17.5 Å². The van der Waals surface area contributed by atoms with Gasteiger partial charge in [-0.2, -0.15) is 14.8 Å². The first-order valence-corrected chi connectivity index (χ1v) is 15.6. The van der Waals surface area contributed by atoms with Crippen molar-refractivity contribution < 1.29 is 22.7 Å². The lowest BCUT2D eigenvalue weighted by Gasteiger charge is -2.34. The van der Waals surface area contributed by atoms with Crippen molar-refractivity contribution in [2.24, 2.45) is 5.41 Å². The Hall–Kier alpha value is -4.96. The molecule has 1 saturated heterocycles. The van der Waals surface area contributed by atoms with Gasteiger partial charge in [0.15, 0.2) is 17.2 Å². The molecule has 0 bridgehead atoms. The van der Waals surface area contributed by atoms with E-state index in [9.17, 15) is 18.8 Å². The quantitative estimate of drug-likeness (QED) is 0.182. The minimum absolute atomic E-state index is 0.0449. The average Bonchev–Trinajstić information content (AvgIpc) is 3.67. The fourth-order valence-electron chi connectivity index (χ4n) is 6.89. The molecule has 1 aliphatic heterocycles. The number of carbonyl (C=O) groups excluding carboxylic acids is 1. The number of aromatic nitrogens is 4. The molecule has 13 heteroatoms. The van der Waals surface area contributed by atoms with Crippen LogP contribution in [0.5, 0.6) is 11.5 Å². The Morgan fingerprint density at radius 2 is 1.94 bits per heavy atom. The first-order valence-electron chi connectivity index (χ1n) is 15.6. The van der Waals surface area contributed by atoms with Gasteiger partial charge in [0.05, 0.1) is 11.4 Å². The van der Waals surface area contributed by atoms with E-state index in [1.807, 2.05) is 20.2 Å². The molecule has 2 aromatic carbocycles. The molecule has 0 radical (unpaired) electrons. The van der Waals surface area contributed by atoms with Crippen LogP contribution in [0.4, 0.5) is 19.0 Å². The number of amides is 1. The SMILES string of the molecule is CN(C)CC1(/C=C(/C#N)C(=O)N2CCC[C@@H](n3nc(-c4ccc(Oc5cccc(F)c5F)cc4F)c4c(N)ncnc43)C2)CCCC1. The van der Waals surface area contributed by atoms with E-state index in [2.05, 4.69) is 20.9 Å². The lowest BCUT2D eigenvalue weighted by Crippen LogP contribution is -2.42. The van der Waals surface area contributed by atoms with Crippen LogP contribution in [-0.2, 0) is 4.79 Å². The van der Waals surface area contributed by atoms with Gasteiger partial charge in [0.25, 0.3) is 5.91 Å². The van der Waals surface area contributed by atoms with E-state index in [-0.39, 0.29) is 58.1 Å². The van der Waals surface area contributed by atoms with Crippen LogP contribution >= 0.6 is 0 Å². The molecule has 6 rings (SSSR count). The summed E-state index contributed by atoms with van der Waals surface area (Å²) in [6, 6.07) is 9.20. The summed E-state index contributed by atoms with van der Waals surface area (Å²) in [7, 11) is 4.00. The molecule has 2 aromatic heterocycles. The molecule has 1 saturated carbocycles. The van der Waals surface area contributed by atoms with E-state index in [0.29, 0.717) is 30.4 Å². The number of hydrogen-bond donors (Lipinski definition) is 1. The van der Waals surface area contributed by atoms with Gasteiger partial charge in [0.1, 0.15) is 41.0 Å². The highest BCUT2D eigenvalue weighted by Gasteiger charge is 2.36. The van der Waals surface area contributed by atoms with Crippen molar-refractivity contribution in [1.82, 2.24) is 29.5 Å². The molecule has 1 atom stereocenters. The highest BCUT2D eigenvalue weighted by atomic mass is 19.2. The fraction of sp³-hybridized carbons (Fsp3) is 0.382. The second-order valence-corrected chi connectivity index (χ2v) is 12.6. The number of nitrogen functional groups attached to an aromatic ring is 1. The predicted octanol–water partition coefficient (Wildman–Crippen LogP) is 6.02. The topological polar surface area (TPSA) is 126 Å². The third-order valence-corrected chi connectivity index (χ3v) is 8.92. The van der Waals surface area contributed by atoms with Crippen LogP contribution < -0.4 is 10.5 Å². The average molecular weight is 645 g/mol. The van der Waals surface area contributed by atoms with E-state index in [1.54, 1.807) is 9.58 Å². The molecule has 2 N–H and O–H groups in total. The molecular formula is C34H35F3N8O2. The Kier molecular flexibility index (Phi) is 8.88. The lowest BCUT2D eigenvalue weighted by atomic mass is 9.83. The first-order chi connectivity index (χ1) is 22.6. The van der Waals surface area contributed by atoms with Gasteiger partial charge in [-0.1, -0.05) is 25.0 Å². The number of fused-ring (bicyclic) bond motifs is 1. The summed E-state index contributed by atoms with van der Waals surface area (Å²) >= 11 is 0. The molecule has 0 spiro atoms. The van der Waals surface area contributed by atoms with Crippen molar-refractivity contribution in [1.29, 1.82) is 5.26 Å². The molecule has 4 aromatic rings. The maximum atomic E-state index is 15.6. The molecule has 0 unspecified atom stereocenters. The Labute approximate surface area is 270 Å². The summed E-state index contributed by atoms with van der Waals surface area (Å²) in [6.45, 7) is 1.52. The van der Waals surface area contributed by atoms with Crippen molar-refractivity contribution in [2.75, 3.05) is 39.5 Å². The minimum Gasteiger partial charge on any atom is -0.454 e. The van der Waals surface area contributed by atoms with Gasteiger partial charge in [0, 0.05) is 36.7 Å². The minimum atomic E-state index is -1.18. The second kappa shape index (κ2) is 13.0. The van der Waals surface area contributed by atoms with Gasteiger partial charge in [-0.15, -0.1) is 0 Å². The number of carbonyl (C=O) groups is 1. The number of nitrogens with two attached hydrogens (primary N) is 1. The highest BCUT2D eigenvalue weighted by Crippen LogP contribution is 2.41. The van der Waals surface area contributed by atoms with Crippen LogP contribution in [0.1, 0.15) is 44.6 Å². The smallest absolute Gasteiger partial charge is 0.264 e. The number of rotatable bonds is 8. The number of anilines is 1. The largest absolute Gasteiger partial charge is 0.454 e. The van der Waals surface area contributed by atoms with Crippen LogP contribution in [0.15, 0.2) is 54.4 Å². The normalized spacial score (nSPS) is 18.1. The van der Waals surface area contributed by atoms with Crippen LogP contribution in [-0.4, -0.2) is 69.2 Å². The number of benzene rings is 2. The maximum absolute atomic E-state index is 15.6. The van der Waals surface area contributed by atoms with Crippen LogP contribution in [0.2, 0.25) is 0 Å². The van der Waals surface area contributed by atoms with E-state index in [0.717, 1.165) is 44.4 Å².